The van der Waals surface area contributed by atoms with Crippen LogP contribution in [0, 0.1) is 0 Å². The summed E-state index contributed by atoms with van der Waals surface area (Å²) in [4.78, 5) is 13.3. The van der Waals surface area contributed by atoms with Gasteiger partial charge in [-0.15, -0.1) is 0 Å². The van der Waals surface area contributed by atoms with Crippen molar-refractivity contribution in [2.75, 3.05) is 25.1 Å². The number of amides is 1. The SMILES string of the molecule is CCC(NC(=O)c1cc(S(=O)(=O)N2CCc3ccccc32)ccc1OC)c1ccc(OC)cc1. The van der Waals surface area contributed by atoms with Crippen molar-refractivity contribution in [1.29, 1.82) is 0 Å². The van der Waals surface area contributed by atoms with Gasteiger partial charge in [-0.25, -0.2) is 8.42 Å². The number of nitrogens with zero attached hydrogens (tertiary/aromatic N) is 1. The molecule has 0 aliphatic carbocycles. The monoisotopic (exact) mass is 480 g/mol. The molecule has 3 aromatic carbocycles. The van der Waals surface area contributed by atoms with E-state index in [1.165, 1.54) is 29.6 Å². The zero-order chi connectivity index (χ0) is 24.3. The third-order valence-corrected chi connectivity index (χ3v) is 7.89. The second-order valence-electron chi connectivity index (χ2n) is 8.03. The lowest BCUT2D eigenvalue weighted by Crippen LogP contribution is -2.31. The van der Waals surface area contributed by atoms with Crippen LogP contribution in [0.15, 0.2) is 71.6 Å². The maximum absolute atomic E-state index is 13.5. The highest BCUT2D eigenvalue weighted by atomic mass is 32.2. The summed E-state index contributed by atoms with van der Waals surface area (Å²) in [7, 11) is -0.788. The van der Waals surface area contributed by atoms with Crippen molar-refractivity contribution in [3.63, 3.8) is 0 Å². The van der Waals surface area contributed by atoms with Crippen LogP contribution < -0.4 is 19.1 Å². The van der Waals surface area contributed by atoms with Gasteiger partial charge in [-0.05, 0) is 60.4 Å². The Bertz CT molecular complexity index is 1290. The van der Waals surface area contributed by atoms with E-state index in [4.69, 9.17) is 9.47 Å². The molecule has 1 heterocycles. The average Bonchev–Trinajstić information content (AvgIpc) is 3.32. The number of para-hydroxylation sites is 1. The minimum Gasteiger partial charge on any atom is -0.497 e. The van der Waals surface area contributed by atoms with Crippen LogP contribution in [0.3, 0.4) is 0 Å². The van der Waals surface area contributed by atoms with E-state index in [1.54, 1.807) is 13.2 Å². The standard InChI is InChI=1S/C26H28N2O5S/c1-4-23(18-9-11-20(32-2)12-10-18)27-26(29)22-17-21(13-14-25(22)33-3)34(30,31)28-16-15-19-7-5-6-8-24(19)28/h5-14,17,23H,4,15-16H2,1-3H3,(H,27,29). The van der Waals surface area contributed by atoms with Crippen LogP contribution in [0.5, 0.6) is 11.5 Å². The summed E-state index contributed by atoms with van der Waals surface area (Å²) in [5, 5.41) is 3.01. The van der Waals surface area contributed by atoms with Gasteiger partial charge in [-0.3, -0.25) is 9.10 Å². The molecule has 0 saturated carbocycles. The Hall–Kier alpha value is -3.52. The van der Waals surface area contributed by atoms with Crippen molar-refractivity contribution in [3.05, 3.63) is 83.4 Å². The number of benzene rings is 3. The summed E-state index contributed by atoms with van der Waals surface area (Å²) >= 11 is 0. The first-order valence-electron chi connectivity index (χ1n) is 11.1. The molecule has 34 heavy (non-hydrogen) atoms. The van der Waals surface area contributed by atoms with Crippen LogP contribution in [0.1, 0.15) is 40.9 Å². The maximum atomic E-state index is 13.5. The van der Waals surface area contributed by atoms with Crippen LogP contribution in [0.2, 0.25) is 0 Å². The predicted octanol–water partition coefficient (Wildman–Crippen LogP) is 4.34. The normalized spacial score (nSPS) is 13.8. The molecule has 1 atom stereocenters. The van der Waals surface area contributed by atoms with E-state index in [1.807, 2.05) is 49.4 Å². The number of methoxy groups -OCH3 is 2. The highest BCUT2D eigenvalue weighted by Crippen LogP contribution is 2.34. The summed E-state index contributed by atoms with van der Waals surface area (Å²) in [6.45, 7) is 2.34. The van der Waals surface area contributed by atoms with Crippen molar-refractivity contribution < 1.29 is 22.7 Å². The van der Waals surface area contributed by atoms with Gasteiger partial charge in [-0.2, -0.15) is 0 Å². The van der Waals surface area contributed by atoms with Gasteiger partial charge in [0.25, 0.3) is 15.9 Å². The molecule has 3 aromatic rings. The van der Waals surface area contributed by atoms with Gasteiger partial charge in [0.1, 0.15) is 11.5 Å². The van der Waals surface area contributed by atoms with Gasteiger partial charge in [0.2, 0.25) is 0 Å². The molecule has 178 valence electrons. The number of rotatable bonds is 8. The summed E-state index contributed by atoms with van der Waals surface area (Å²) in [5.74, 6) is 0.634. The van der Waals surface area contributed by atoms with Gasteiger partial charge >= 0.3 is 0 Å². The number of carbonyl (C=O) groups is 1. The minimum atomic E-state index is -3.84. The number of ether oxygens (including phenoxy) is 2. The summed E-state index contributed by atoms with van der Waals surface area (Å²) in [5.41, 5.74) is 2.76. The summed E-state index contributed by atoms with van der Waals surface area (Å²) < 4.78 is 38.9. The fourth-order valence-corrected chi connectivity index (χ4v) is 5.73. The van der Waals surface area contributed by atoms with Crippen LogP contribution in [0.4, 0.5) is 5.69 Å². The van der Waals surface area contributed by atoms with E-state index in [-0.39, 0.29) is 16.5 Å². The third kappa shape index (κ3) is 4.46. The Balaban J connectivity index is 1.64. The van der Waals surface area contributed by atoms with Crippen LogP contribution in [0.25, 0.3) is 0 Å². The average molecular weight is 481 g/mol. The van der Waals surface area contributed by atoms with E-state index in [2.05, 4.69) is 5.32 Å². The Morgan fingerprint density at radius 2 is 1.76 bits per heavy atom. The fourth-order valence-electron chi connectivity index (χ4n) is 4.20. The second-order valence-corrected chi connectivity index (χ2v) is 9.89. The highest BCUT2D eigenvalue weighted by Gasteiger charge is 2.31. The first-order chi connectivity index (χ1) is 16.4. The highest BCUT2D eigenvalue weighted by molar-refractivity contribution is 7.92. The summed E-state index contributed by atoms with van der Waals surface area (Å²) in [6.07, 6.45) is 1.31. The lowest BCUT2D eigenvalue weighted by molar-refractivity contribution is 0.0932. The lowest BCUT2D eigenvalue weighted by Gasteiger charge is -2.21. The number of anilines is 1. The van der Waals surface area contributed by atoms with E-state index in [9.17, 15) is 13.2 Å². The minimum absolute atomic E-state index is 0.0487. The molecule has 1 N–H and O–H groups in total. The molecule has 0 bridgehead atoms. The van der Waals surface area contributed by atoms with E-state index >= 15 is 0 Å². The fraction of sp³-hybridized carbons (Fsp3) is 0.269. The summed E-state index contributed by atoms with van der Waals surface area (Å²) in [6, 6.07) is 19.1. The molecule has 1 unspecified atom stereocenters. The molecule has 0 spiro atoms. The van der Waals surface area contributed by atoms with Gasteiger partial charge in [0.15, 0.2) is 0 Å². The topological polar surface area (TPSA) is 84.9 Å². The number of carbonyl (C=O) groups excluding carboxylic acids is 1. The molecule has 0 radical (unpaired) electrons. The van der Waals surface area contributed by atoms with Crippen LogP contribution in [-0.4, -0.2) is 35.1 Å². The van der Waals surface area contributed by atoms with Crippen LogP contribution in [-0.2, 0) is 16.4 Å². The number of nitrogens with one attached hydrogen (secondary N) is 1. The van der Waals surface area contributed by atoms with Crippen molar-refractivity contribution in [3.8, 4) is 11.5 Å². The van der Waals surface area contributed by atoms with E-state index in [0.29, 0.717) is 30.8 Å². The molecule has 4 rings (SSSR count). The Morgan fingerprint density at radius 3 is 2.44 bits per heavy atom. The number of hydrogen-bond acceptors (Lipinski definition) is 5. The quantitative estimate of drug-likeness (QED) is 0.519. The van der Waals surface area contributed by atoms with Crippen molar-refractivity contribution in [2.24, 2.45) is 0 Å². The molecule has 0 aromatic heterocycles. The number of sulfonamides is 1. The first kappa shape index (κ1) is 23.6. The molecule has 7 nitrogen and oxygen atoms in total. The molecule has 1 aliphatic heterocycles. The molecular weight excluding hydrogens is 452 g/mol. The van der Waals surface area contributed by atoms with Gasteiger partial charge in [-0.1, -0.05) is 37.3 Å². The van der Waals surface area contributed by atoms with E-state index in [0.717, 1.165) is 16.9 Å². The maximum Gasteiger partial charge on any atom is 0.264 e. The van der Waals surface area contributed by atoms with Gasteiger partial charge in [0.05, 0.1) is 36.4 Å². The Kier molecular flexibility index (Phi) is 6.79. The Morgan fingerprint density at radius 1 is 1.03 bits per heavy atom. The van der Waals surface area contributed by atoms with Gasteiger partial charge < -0.3 is 14.8 Å². The number of fused-ring (bicyclic) bond motifs is 1. The third-order valence-electron chi connectivity index (χ3n) is 6.08. The lowest BCUT2D eigenvalue weighted by atomic mass is 10.0. The molecule has 8 heteroatoms. The smallest absolute Gasteiger partial charge is 0.264 e. The molecule has 0 saturated heterocycles. The zero-order valence-electron chi connectivity index (χ0n) is 19.4. The number of hydrogen-bond donors (Lipinski definition) is 1. The van der Waals surface area contributed by atoms with Crippen LogP contribution >= 0.6 is 0 Å². The molecular formula is C26H28N2O5S. The predicted molar refractivity (Wildman–Crippen MR) is 131 cm³/mol. The van der Waals surface area contributed by atoms with Crippen molar-refractivity contribution in [1.82, 2.24) is 5.32 Å². The first-order valence-corrected chi connectivity index (χ1v) is 12.6. The van der Waals surface area contributed by atoms with E-state index < -0.39 is 15.9 Å². The molecule has 1 amide bonds. The van der Waals surface area contributed by atoms with Crippen molar-refractivity contribution >= 4 is 21.6 Å². The second kappa shape index (κ2) is 9.77. The van der Waals surface area contributed by atoms with Crippen molar-refractivity contribution in [2.45, 2.75) is 30.7 Å². The molecule has 0 fully saturated rings. The van der Waals surface area contributed by atoms with Gasteiger partial charge in [0, 0.05) is 6.54 Å². The largest absolute Gasteiger partial charge is 0.497 e. The Labute approximate surface area is 200 Å². The zero-order valence-corrected chi connectivity index (χ0v) is 20.3. The molecule has 1 aliphatic rings.